The maximum absolute atomic E-state index is 11.9. The van der Waals surface area contributed by atoms with Gasteiger partial charge in [0, 0.05) is 6.42 Å². The maximum Gasteiger partial charge on any atom is 0.155 e. The van der Waals surface area contributed by atoms with Gasteiger partial charge in [-0.25, -0.2) is 0 Å². The Morgan fingerprint density at radius 2 is 1.96 bits per heavy atom. The van der Waals surface area contributed by atoms with E-state index in [0.717, 1.165) is 48.9 Å². The third-order valence-electron chi connectivity index (χ3n) is 8.97. The van der Waals surface area contributed by atoms with Crippen molar-refractivity contribution in [2.24, 2.45) is 46.3 Å². The molecule has 0 aromatic rings. The van der Waals surface area contributed by atoms with Crippen LogP contribution < -0.4 is 0 Å². The van der Waals surface area contributed by atoms with Crippen molar-refractivity contribution >= 4 is 5.78 Å². The fraction of sp³-hybridized carbons (Fsp3) is 0.810. The summed E-state index contributed by atoms with van der Waals surface area (Å²) >= 11 is 0. The number of carbonyl (C=O) groups excluding carboxylic acids is 1. The van der Waals surface area contributed by atoms with E-state index in [0.29, 0.717) is 11.7 Å². The van der Waals surface area contributed by atoms with Crippen LogP contribution in [0.2, 0.25) is 0 Å². The van der Waals surface area contributed by atoms with Crippen LogP contribution in [0.1, 0.15) is 58.8 Å². The van der Waals surface area contributed by atoms with Crippen LogP contribution in [-0.4, -0.2) is 5.78 Å². The van der Waals surface area contributed by atoms with E-state index in [-0.39, 0.29) is 10.8 Å². The zero-order valence-electron chi connectivity index (χ0n) is 14.3. The summed E-state index contributed by atoms with van der Waals surface area (Å²) in [5.74, 6) is 5.02. The number of nitriles is 1. The molecule has 122 valence electrons. The fourth-order valence-electron chi connectivity index (χ4n) is 7.46. The van der Waals surface area contributed by atoms with Crippen LogP contribution >= 0.6 is 0 Å². The molecule has 0 radical (unpaired) electrons. The van der Waals surface area contributed by atoms with Gasteiger partial charge in [-0.15, -0.1) is 0 Å². The number of allylic oxidation sites excluding steroid dienone is 1. The van der Waals surface area contributed by atoms with E-state index in [2.05, 4.69) is 19.9 Å². The Kier molecular flexibility index (Phi) is 2.66. The van der Waals surface area contributed by atoms with Gasteiger partial charge in [-0.2, -0.15) is 5.26 Å². The summed E-state index contributed by atoms with van der Waals surface area (Å²) in [6, 6.07) is 2.71. The molecule has 5 aliphatic carbocycles. The molecule has 0 aromatic carbocycles. The number of rotatable bonds is 0. The van der Waals surface area contributed by atoms with E-state index in [1.54, 1.807) is 0 Å². The molecule has 5 rings (SSSR count). The summed E-state index contributed by atoms with van der Waals surface area (Å²) in [7, 11) is 0. The Balaban J connectivity index is 1.54. The minimum absolute atomic E-state index is 0.119. The first-order valence-corrected chi connectivity index (χ1v) is 9.64. The zero-order chi connectivity index (χ0) is 16.0. The molecule has 5 aliphatic rings. The van der Waals surface area contributed by atoms with Crippen LogP contribution in [-0.2, 0) is 4.79 Å². The van der Waals surface area contributed by atoms with Crippen LogP contribution in [0.5, 0.6) is 0 Å². The fourth-order valence-corrected chi connectivity index (χ4v) is 7.46. The molecule has 23 heavy (non-hydrogen) atoms. The van der Waals surface area contributed by atoms with E-state index in [1.807, 2.05) is 6.08 Å². The standard InChI is InChI=1S/C21H27NO/c1-20(11-22)7-6-18-19-14(5-8-21(18,20)2)13-4-3-12(23)9-15(13)16-10-17(16)19/h9,13-14,16-19H,3-8,10H2,1-2H3/t13-,14-,16+,17-,18+,19+,20-,21+/m1/s1. The van der Waals surface area contributed by atoms with E-state index in [4.69, 9.17) is 0 Å². The Morgan fingerprint density at radius 3 is 2.74 bits per heavy atom. The maximum atomic E-state index is 11.9. The summed E-state index contributed by atoms with van der Waals surface area (Å²) in [4.78, 5) is 11.9. The normalized spacial score (nSPS) is 56.6. The molecule has 0 bridgehead atoms. The molecule has 0 aliphatic heterocycles. The topological polar surface area (TPSA) is 40.9 Å². The summed E-state index contributed by atoms with van der Waals surface area (Å²) in [6.07, 6.45) is 10.1. The quantitative estimate of drug-likeness (QED) is 0.660. The molecule has 0 spiro atoms. The Morgan fingerprint density at radius 1 is 1.13 bits per heavy atom. The zero-order valence-corrected chi connectivity index (χ0v) is 14.3. The molecule has 0 heterocycles. The first-order valence-electron chi connectivity index (χ1n) is 9.64. The number of nitrogens with zero attached hydrogens (tertiary/aromatic N) is 1. The molecule has 0 unspecified atom stereocenters. The van der Waals surface area contributed by atoms with Gasteiger partial charge in [0.25, 0.3) is 0 Å². The smallest absolute Gasteiger partial charge is 0.155 e. The predicted molar refractivity (Wildman–Crippen MR) is 88.2 cm³/mol. The van der Waals surface area contributed by atoms with Crippen molar-refractivity contribution in [2.45, 2.75) is 58.8 Å². The Bertz CT molecular complexity index is 657. The van der Waals surface area contributed by atoms with E-state index in [9.17, 15) is 10.1 Å². The molecule has 0 aromatic heterocycles. The molecule has 8 atom stereocenters. The van der Waals surface area contributed by atoms with Crippen LogP contribution in [0.25, 0.3) is 0 Å². The average Bonchev–Trinajstić information content (AvgIpc) is 3.29. The van der Waals surface area contributed by atoms with Crippen molar-refractivity contribution in [2.75, 3.05) is 0 Å². The number of hydrogen-bond acceptors (Lipinski definition) is 2. The highest BCUT2D eigenvalue weighted by molar-refractivity contribution is 5.91. The number of carbonyl (C=O) groups is 1. The van der Waals surface area contributed by atoms with Crippen LogP contribution in [0.4, 0.5) is 0 Å². The molecule has 0 N–H and O–H groups in total. The third-order valence-corrected chi connectivity index (χ3v) is 8.97. The van der Waals surface area contributed by atoms with Gasteiger partial charge in [0.15, 0.2) is 5.78 Å². The first-order chi connectivity index (χ1) is 11.0. The number of hydrogen-bond donors (Lipinski definition) is 0. The van der Waals surface area contributed by atoms with E-state index in [1.165, 1.54) is 31.3 Å². The van der Waals surface area contributed by atoms with Gasteiger partial charge in [0.2, 0.25) is 0 Å². The second-order valence-electron chi connectivity index (χ2n) is 9.55. The Hall–Kier alpha value is -1.10. The largest absolute Gasteiger partial charge is 0.295 e. The number of fused-ring (bicyclic) bond motifs is 8. The van der Waals surface area contributed by atoms with Gasteiger partial charge < -0.3 is 0 Å². The highest BCUT2D eigenvalue weighted by Crippen LogP contribution is 2.73. The van der Waals surface area contributed by atoms with E-state index < -0.39 is 0 Å². The molecule has 0 amide bonds. The van der Waals surface area contributed by atoms with Crippen LogP contribution in [0.3, 0.4) is 0 Å². The lowest BCUT2D eigenvalue weighted by Crippen LogP contribution is -2.49. The number of ketones is 1. The SMILES string of the molecule is C[C@]1(C#N)CC[C@H]2[C@H]3[C@H](CC[C@@]21C)[C@H]1CCC(=O)C=C1[C@@H]1C[C@@H]31. The van der Waals surface area contributed by atoms with Crippen molar-refractivity contribution < 1.29 is 4.79 Å². The molecular weight excluding hydrogens is 282 g/mol. The molecule has 2 nitrogen and oxygen atoms in total. The summed E-state index contributed by atoms with van der Waals surface area (Å²) in [5.41, 5.74) is 1.64. The monoisotopic (exact) mass is 309 g/mol. The third kappa shape index (κ3) is 1.62. The van der Waals surface area contributed by atoms with Gasteiger partial charge in [0.1, 0.15) is 0 Å². The van der Waals surface area contributed by atoms with Gasteiger partial charge in [-0.05, 0) is 92.4 Å². The Labute approximate surface area is 139 Å². The highest BCUT2D eigenvalue weighted by atomic mass is 16.1. The van der Waals surface area contributed by atoms with Crippen molar-refractivity contribution in [1.29, 1.82) is 5.26 Å². The average molecular weight is 309 g/mol. The first kappa shape index (κ1) is 14.3. The van der Waals surface area contributed by atoms with Gasteiger partial charge >= 0.3 is 0 Å². The van der Waals surface area contributed by atoms with Crippen molar-refractivity contribution in [1.82, 2.24) is 0 Å². The second kappa shape index (κ2) is 4.29. The summed E-state index contributed by atoms with van der Waals surface area (Å²) in [6.45, 7) is 4.66. The molecule has 4 saturated carbocycles. The lowest BCUT2D eigenvalue weighted by molar-refractivity contribution is -0.116. The van der Waals surface area contributed by atoms with Gasteiger partial charge in [-0.3, -0.25) is 4.79 Å². The van der Waals surface area contributed by atoms with Crippen LogP contribution in [0.15, 0.2) is 11.6 Å². The van der Waals surface area contributed by atoms with Crippen molar-refractivity contribution in [3.05, 3.63) is 11.6 Å². The van der Waals surface area contributed by atoms with Crippen LogP contribution in [0, 0.1) is 57.7 Å². The minimum atomic E-state index is -0.119. The second-order valence-corrected chi connectivity index (χ2v) is 9.55. The van der Waals surface area contributed by atoms with E-state index >= 15 is 0 Å². The molecular formula is C21H27NO. The predicted octanol–water partition coefficient (Wildman–Crippen LogP) is 4.51. The van der Waals surface area contributed by atoms with Gasteiger partial charge in [0.05, 0.1) is 11.5 Å². The minimum Gasteiger partial charge on any atom is -0.295 e. The molecule has 2 heteroatoms. The lowest BCUT2D eigenvalue weighted by atomic mass is 9.49. The highest BCUT2D eigenvalue weighted by Gasteiger charge is 2.67. The molecule has 4 fully saturated rings. The van der Waals surface area contributed by atoms with Gasteiger partial charge in [-0.1, -0.05) is 12.5 Å². The van der Waals surface area contributed by atoms with Crippen molar-refractivity contribution in [3.8, 4) is 6.07 Å². The van der Waals surface area contributed by atoms with Crippen molar-refractivity contribution in [3.63, 3.8) is 0 Å². The summed E-state index contributed by atoms with van der Waals surface area (Å²) < 4.78 is 0. The molecule has 0 saturated heterocycles. The summed E-state index contributed by atoms with van der Waals surface area (Å²) in [5, 5.41) is 9.82. The lowest BCUT2D eigenvalue weighted by Gasteiger charge is -2.55.